The number of rotatable bonds is 3. The summed E-state index contributed by atoms with van der Waals surface area (Å²) in [6.07, 6.45) is 3.32. The Morgan fingerprint density at radius 2 is 2.08 bits per heavy atom. The van der Waals surface area contributed by atoms with E-state index < -0.39 is 0 Å². The molecule has 2 N–H and O–H groups in total. The Morgan fingerprint density at radius 3 is 2.50 bits per heavy atom. The first-order chi connectivity index (χ1) is 5.68. The van der Waals surface area contributed by atoms with Crippen molar-refractivity contribution in [3.63, 3.8) is 0 Å². The fourth-order valence-electron chi connectivity index (χ4n) is 0.994. The lowest BCUT2D eigenvalue weighted by Crippen LogP contribution is -2.46. The summed E-state index contributed by atoms with van der Waals surface area (Å²) in [5.41, 5.74) is 0. The van der Waals surface area contributed by atoms with Gasteiger partial charge in [-0.1, -0.05) is 0 Å². The van der Waals surface area contributed by atoms with E-state index in [4.69, 9.17) is 0 Å². The highest BCUT2D eigenvalue weighted by Gasteiger charge is 2.18. The van der Waals surface area contributed by atoms with Crippen molar-refractivity contribution >= 4 is 11.8 Å². The number of ketones is 1. The Morgan fingerprint density at radius 1 is 1.42 bits per heavy atom. The fraction of sp³-hybridized carbons (Fsp3) is 0.750. The molecular formula is C8H14N2O2. The number of carbonyl (C=O) groups excluding carboxylic acids is 2. The van der Waals surface area contributed by atoms with Crippen LogP contribution in [0.1, 0.15) is 26.2 Å². The second-order valence-electron chi connectivity index (χ2n) is 3.16. The van der Waals surface area contributed by atoms with Crippen LogP contribution in [-0.4, -0.2) is 24.4 Å². The summed E-state index contributed by atoms with van der Waals surface area (Å²) in [6, 6.07) is 0.104. The minimum Gasteiger partial charge on any atom is -0.335 e. The van der Waals surface area contributed by atoms with E-state index in [0.29, 0.717) is 6.04 Å². The summed E-state index contributed by atoms with van der Waals surface area (Å²) in [5.74, 6) is -0.0289. The standard InChI is InChI=1S/C8H14N2O2/c1-6(11)5-9-8(12)10-7-3-2-4-7/h7H,2-5H2,1H3,(H2,9,10,12). The van der Waals surface area contributed by atoms with Gasteiger partial charge in [0.15, 0.2) is 0 Å². The van der Waals surface area contributed by atoms with Crippen molar-refractivity contribution in [2.24, 2.45) is 0 Å². The largest absolute Gasteiger partial charge is 0.335 e. The molecule has 0 aromatic rings. The van der Waals surface area contributed by atoms with Crippen LogP contribution in [0.3, 0.4) is 0 Å². The van der Waals surface area contributed by atoms with Gasteiger partial charge in [-0.15, -0.1) is 0 Å². The predicted molar refractivity (Wildman–Crippen MR) is 44.9 cm³/mol. The van der Waals surface area contributed by atoms with Crippen molar-refractivity contribution in [3.8, 4) is 0 Å². The molecule has 1 fully saturated rings. The van der Waals surface area contributed by atoms with Crippen LogP contribution in [0.15, 0.2) is 0 Å². The van der Waals surface area contributed by atoms with Crippen LogP contribution in [0.5, 0.6) is 0 Å². The molecule has 0 aromatic carbocycles. The molecule has 1 aliphatic rings. The maximum absolute atomic E-state index is 11.0. The Bertz CT molecular complexity index is 187. The van der Waals surface area contributed by atoms with Crippen LogP contribution in [0.4, 0.5) is 4.79 Å². The Balaban J connectivity index is 2.06. The maximum Gasteiger partial charge on any atom is 0.315 e. The molecule has 0 saturated heterocycles. The third-order valence-electron chi connectivity index (χ3n) is 1.94. The number of amides is 2. The highest BCUT2D eigenvalue weighted by Crippen LogP contribution is 2.17. The van der Waals surface area contributed by atoms with Crippen LogP contribution >= 0.6 is 0 Å². The van der Waals surface area contributed by atoms with E-state index in [9.17, 15) is 9.59 Å². The monoisotopic (exact) mass is 170 g/mol. The zero-order valence-electron chi connectivity index (χ0n) is 7.22. The Labute approximate surface area is 71.7 Å². The van der Waals surface area contributed by atoms with Gasteiger partial charge in [0.1, 0.15) is 5.78 Å². The van der Waals surface area contributed by atoms with Gasteiger partial charge in [0.2, 0.25) is 0 Å². The van der Waals surface area contributed by atoms with Gasteiger partial charge < -0.3 is 10.6 Å². The molecule has 4 heteroatoms. The summed E-state index contributed by atoms with van der Waals surface area (Å²) < 4.78 is 0. The van der Waals surface area contributed by atoms with E-state index >= 15 is 0 Å². The van der Waals surface area contributed by atoms with Gasteiger partial charge in [-0.25, -0.2) is 4.79 Å². The quantitative estimate of drug-likeness (QED) is 0.645. The summed E-state index contributed by atoms with van der Waals surface area (Å²) in [4.78, 5) is 21.5. The van der Waals surface area contributed by atoms with Gasteiger partial charge in [-0.2, -0.15) is 0 Å². The lowest BCUT2D eigenvalue weighted by atomic mass is 9.93. The highest BCUT2D eigenvalue weighted by atomic mass is 16.2. The molecule has 0 unspecified atom stereocenters. The molecule has 0 bridgehead atoms. The van der Waals surface area contributed by atoms with Gasteiger partial charge in [0.05, 0.1) is 6.54 Å². The van der Waals surface area contributed by atoms with Crippen LogP contribution in [-0.2, 0) is 4.79 Å². The van der Waals surface area contributed by atoms with Crippen molar-refractivity contribution in [2.45, 2.75) is 32.2 Å². The van der Waals surface area contributed by atoms with Crippen molar-refractivity contribution in [3.05, 3.63) is 0 Å². The number of carbonyl (C=O) groups is 2. The van der Waals surface area contributed by atoms with Crippen LogP contribution in [0, 0.1) is 0 Å². The molecule has 1 rings (SSSR count). The third-order valence-corrected chi connectivity index (χ3v) is 1.94. The van der Waals surface area contributed by atoms with Crippen LogP contribution < -0.4 is 10.6 Å². The van der Waals surface area contributed by atoms with E-state index in [1.807, 2.05) is 0 Å². The van der Waals surface area contributed by atoms with Crippen molar-refractivity contribution in [1.29, 1.82) is 0 Å². The number of urea groups is 1. The molecule has 0 aromatic heterocycles. The van der Waals surface area contributed by atoms with E-state index in [2.05, 4.69) is 10.6 Å². The second kappa shape index (κ2) is 4.09. The summed E-state index contributed by atoms with van der Waals surface area (Å²) in [7, 11) is 0. The number of hydrogen-bond donors (Lipinski definition) is 2. The average Bonchev–Trinajstić information content (AvgIpc) is 1.93. The predicted octanol–water partition coefficient (Wildman–Crippen LogP) is 0.427. The molecule has 0 atom stereocenters. The molecule has 4 nitrogen and oxygen atoms in total. The first kappa shape index (κ1) is 9.03. The summed E-state index contributed by atoms with van der Waals surface area (Å²) in [6.45, 7) is 1.57. The fourth-order valence-corrected chi connectivity index (χ4v) is 0.994. The average molecular weight is 170 g/mol. The van der Waals surface area contributed by atoms with Crippen molar-refractivity contribution in [1.82, 2.24) is 10.6 Å². The zero-order chi connectivity index (χ0) is 8.97. The smallest absolute Gasteiger partial charge is 0.315 e. The molecule has 1 saturated carbocycles. The normalized spacial score (nSPS) is 16.4. The van der Waals surface area contributed by atoms with E-state index in [1.165, 1.54) is 13.3 Å². The Hall–Kier alpha value is -1.06. The third kappa shape index (κ3) is 2.90. The summed E-state index contributed by atoms with van der Waals surface area (Å²) >= 11 is 0. The van der Waals surface area contributed by atoms with Gasteiger partial charge in [0, 0.05) is 6.04 Å². The Kier molecular flexibility index (Phi) is 3.08. The highest BCUT2D eigenvalue weighted by molar-refractivity contribution is 5.83. The first-order valence-corrected chi connectivity index (χ1v) is 4.22. The van der Waals surface area contributed by atoms with Crippen molar-refractivity contribution in [2.75, 3.05) is 6.54 Å². The SMILES string of the molecule is CC(=O)CNC(=O)NC1CCC1. The minimum atomic E-state index is -0.227. The lowest BCUT2D eigenvalue weighted by Gasteiger charge is -2.26. The number of Topliss-reactive ketones (excluding diaryl/α,β-unsaturated/α-hetero) is 1. The van der Waals surface area contributed by atoms with Gasteiger partial charge in [-0.05, 0) is 26.2 Å². The second-order valence-corrected chi connectivity index (χ2v) is 3.16. The number of hydrogen-bond acceptors (Lipinski definition) is 2. The summed E-state index contributed by atoms with van der Waals surface area (Å²) in [5, 5.41) is 5.25. The molecule has 1 aliphatic carbocycles. The topological polar surface area (TPSA) is 58.2 Å². The minimum absolute atomic E-state index is 0.0289. The van der Waals surface area contributed by atoms with Crippen LogP contribution in [0.25, 0.3) is 0 Å². The molecular weight excluding hydrogens is 156 g/mol. The van der Waals surface area contributed by atoms with Gasteiger partial charge in [0.25, 0.3) is 0 Å². The van der Waals surface area contributed by atoms with E-state index in [0.717, 1.165) is 12.8 Å². The maximum atomic E-state index is 11.0. The van der Waals surface area contributed by atoms with E-state index in [1.54, 1.807) is 0 Å². The van der Waals surface area contributed by atoms with Crippen molar-refractivity contribution < 1.29 is 9.59 Å². The molecule has 0 heterocycles. The first-order valence-electron chi connectivity index (χ1n) is 4.22. The molecule has 0 radical (unpaired) electrons. The molecule has 2 amide bonds. The van der Waals surface area contributed by atoms with Gasteiger partial charge in [-0.3, -0.25) is 4.79 Å². The number of nitrogens with one attached hydrogen (secondary N) is 2. The molecule has 0 aliphatic heterocycles. The van der Waals surface area contributed by atoms with Crippen LogP contribution in [0.2, 0.25) is 0 Å². The van der Waals surface area contributed by atoms with E-state index in [-0.39, 0.29) is 18.4 Å². The zero-order valence-corrected chi connectivity index (χ0v) is 7.22. The molecule has 0 spiro atoms. The molecule has 12 heavy (non-hydrogen) atoms. The molecule has 68 valence electrons. The van der Waals surface area contributed by atoms with Gasteiger partial charge >= 0.3 is 6.03 Å². The lowest BCUT2D eigenvalue weighted by molar-refractivity contribution is -0.116.